The van der Waals surface area contributed by atoms with Gasteiger partial charge in [-0.1, -0.05) is 0 Å². The van der Waals surface area contributed by atoms with Crippen LogP contribution in [0.25, 0.3) is 0 Å². The summed E-state index contributed by atoms with van der Waals surface area (Å²) in [7, 11) is 1.50. The van der Waals surface area contributed by atoms with Crippen LogP contribution in [0.3, 0.4) is 0 Å². The van der Waals surface area contributed by atoms with E-state index in [0.717, 1.165) is 0 Å². The van der Waals surface area contributed by atoms with Crippen LogP contribution in [-0.4, -0.2) is 29.8 Å². The number of nitrogens with one attached hydrogen (secondary N) is 1. The largest absolute Gasteiger partial charge is 0.496 e. The molecule has 1 atom stereocenters. The number of halogens is 1. The van der Waals surface area contributed by atoms with Gasteiger partial charge in [0.1, 0.15) is 11.4 Å². The molecule has 1 aromatic rings. The van der Waals surface area contributed by atoms with Crippen molar-refractivity contribution in [3.63, 3.8) is 0 Å². The molecule has 0 bridgehead atoms. The molecule has 0 spiro atoms. The summed E-state index contributed by atoms with van der Waals surface area (Å²) >= 11 is 5.64. The van der Waals surface area contributed by atoms with Gasteiger partial charge >= 0.3 is 6.09 Å². The maximum Gasteiger partial charge on any atom is 0.412 e. The number of anilines is 1. The van der Waals surface area contributed by atoms with Gasteiger partial charge in [-0.3, -0.25) is 5.32 Å². The second-order valence-corrected chi connectivity index (χ2v) is 5.56. The van der Waals surface area contributed by atoms with Crippen molar-refractivity contribution in [3.05, 3.63) is 23.8 Å². The SMILES string of the molecule is COc1ccc(NC(=O)OC(C)(C)C)cc1C(O)CCl. The Balaban J connectivity index is 2.89. The minimum atomic E-state index is -0.869. The van der Waals surface area contributed by atoms with Crippen molar-refractivity contribution in [2.45, 2.75) is 32.5 Å². The predicted molar refractivity (Wildman–Crippen MR) is 78.5 cm³/mol. The topological polar surface area (TPSA) is 67.8 Å². The molecular formula is C14H20ClNO4. The molecule has 0 fully saturated rings. The Morgan fingerprint density at radius 2 is 2.10 bits per heavy atom. The van der Waals surface area contributed by atoms with Gasteiger partial charge in [-0.2, -0.15) is 0 Å². The standard InChI is InChI=1S/C14H20ClNO4/c1-14(2,3)20-13(18)16-9-5-6-12(19-4)10(7-9)11(17)8-15/h5-7,11,17H,8H2,1-4H3,(H,16,18). The maximum atomic E-state index is 11.7. The first-order chi connectivity index (χ1) is 9.26. The average Bonchev–Trinajstić information content (AvgIpc) is 2.35. The van der Waals surface area contributed by atoms with E-state index in [-0.39, 0.29) is 5.88 Å². The molecule has 0 aliphatic rings. The third-order valence-electron chi connectivity index (χ3n) is 2.38. The van der Waals surface area contributed by atoms with Crippen LogP contribution in [0.15, 0.2) is 18.2 Å². The fourth-order valence-corrected chi connectivity index (χ4v) is 1.74. The Morgan fingerprint density at radius 3 is 2.60 bits per heavy atom. The summed E-state index contributed by atoms with van der Waals surface area (Å²) in [4.78, 5) is 11.7. The number of carbonyl (C=O) groups excluding carboxylic acids is 1. The molecule has 1 amide bonds. The Kier molecular flexibility index (Phi) is 5.65. The van der Waals surface area contributed by atoms with Crippen molar-refractivity contribution in [2.24, 2.45) is 0 Å². The number of ether oxygens (including phenoxy) is 2. The second-order valence-electron chi connectivity index (χ2n) is 5.25. The first kappa shape index (κ1) is 16.6. The molecule has 0 radical (unpaired) electrons. The van der Waals surface area contributed by atoms with Crippen LogP contribution in [0, 0.1) is 0 Å². The quantitative estimate of drug-likeness (QED) is 0.837. The smallest absolute Gasteiger partial charge is 0.412 e. The molecule has 2 N–H and O–H groups in total. The van der Waals surface area contributed by atoms with Gasteiger partial charge in [-0.15, -0.1) is 11.6 Å². The molecule has 20 heavy (non-hydrogen) atoms. The molecule has 1 rings (SSSR count). The summed E-state index contributed by atoms with van der Waals surface area (Å²) in [5, 5.41) is 12.4. The lowest BCUT2D eigenvalue weighted by Crippen LogP contribution is -2.27. The number of hydrogen-bond donors (Lipinski definition) is 2. The summed E-state index contributed by atoms with van der Waals surface area (Å²) < 4.78 is 10.3. The lowest BCUT2D eigenvalue weighted by atomic mass is 10.1. The molecule has 1 unspecified atom stereocenters. The Labute approximate surface area is 123 Å². The molecule has 0 heterocycles. The van der Waals surface area contributed by atoms with E-state index in [0.29, 0.717) is 17.0 Å². The van der Waals surface area contributed by atoms with Gasteiger partial charge in [0.25, 0.3) is 0 Å². The number of methoxy groups -OCH3 is 1. The zero-order valence-electron chi connectivity index (χ0n) is 12.1. The maximum absolute atomic E-state index is 11.7. The van der Waals surface area contributed by atoms with E-state index in [1.165, 1.54) is 7.11 Å². The monoisotopic (exact) mass is 301 g/mol. The van der Waals surface area contributed by atoms with Crippen LogP contribution >= 0.6 is 11.6 Å². The van der Waals surface area contributed by atoms with Crippen molar-refractivity contribution in [1.82, 2.24) is 0 Å². The van der Waals surface area contributed by atoms with Crippen LogP contribution in [0.2, 0.25) is 0 Å². The van der Waals surface area contributed by atoms with Crippen LogP contribution in [-0.2, 0) is 4.74 Å². The van der Waals surface area contributed by atoms with E-state index in [9.17, 15) is 9.90 Å². The molecular weight excluding hydrogens is 282 g/mol. The third-order valence-corrected chi connectivity index (χ3v) is 2.67. The van der Waals surface area contributed by atoms with E-state index in [1.54, 1.807) is 39.0 Å². The fourth-order valence-electron chi connectivity index (χ4n) is 1.58. The average molecular weight is 302 g/mol. The third kappa shape index (κ3) is 4.90. The van der Waals surface area contributed by atoms with E-state index in [1.807, 2.05) is 0 Å². The molecule has 0 saturated heterocycles. The first-order valence-electron chi connectivity index (χ1n) is 6.19. The molecule has 0 aromatic heterocycles. The fraction of sp³-hybridized carbons (Fsp3) is 0.500. The zero-order chi connectivity index (χ0) is 15.3. The molecule has 0 aliphatic carbocycles. The minimum Gasteiger partial charge on any atom is -0.496 e. The van der Waals surface area contributed by atoms with Crippen LogP contribution in [0.5, 0.6) is 5.75 Å². The number of carbonyl (C=O) groups is 1. The predicted octanol–water partition coefficient (Wildman–Crippen LogP) is 3.31. The normalized spacial score (nSPS) is 12.7. The van der Waals surface area contributed by atoms with Crippen molar-refractivity contribution >= 4 is 23.4 Å². The summed E-state index contributed by atoms with van der Waals surface area (Å²) in [6.45, 7) is 5.34. The highest BCUT2D eigenvalue weighted by molar-refractivity contribution is 6.18. The van der Waals surface area contributed by atoms with Gasteiger partial charge in [-0.25, -0.2) is 4.79 Å². The van der Waals surface area contributed by atoms with Crippen molar-refractivity contribution in [3.8, 4) is 5.75 Å². The number of benzene rings is 1. The summed E-state index contributed by atoms with van der Waals surface area (Å²) in [5.41, 5.74) is 0.435. The van der Waals surface area contributed by atoms with Gasteiger partial charge in [0.05, 0.1) is 19.1 Å². The minimum absolute atomic E-state index is 0.0340. The van der Waals surface area contributed by atoms with Gasteiger partial charge in [0.2, 0.25) is 0 Å². The van der Waals surface area contributed by atoms with Crippen molar-refractivity contribution in [2.75, 3.05) is 18.3 Å². The number of hydrogen-bond acceptors (Lipinski definition) is 4. The van der Waals surface area contributed by atoms with Crippen LogP contribution in [0.4, 0.5) is 10.5 Å². The Hall–Kier alpha value is -1.46. The molecule has 5 nitrogen and oxygen atoms in total. The number of aliphatic hydroxyl groups is 1. The number of rotatable bonds is 4. The summed E-state index contributed by atoms with van der Waals surface area (Å²) in [6, 6.07) is 4.92. The lowest BCUT2D eigenvalue weighted by Gasteiger charge is -2.20. The van der Waals surface area contributed by atoms with E-state index < -0.39 is 17.8 Å². The van der Waals surface area contributed by atoms with Crippen LogP contribution in [0.1, 0.15) is 32.4 Å². The second kappa shape index (κ2) is 6.81. The van der Waals surface area contributed by atoms with E-state index in [4.69, 9.17) is 21.1 Å². The number of alkyl halides is 1. The molecule has 1 aromatic carbocycles. The van der Waals surface area contributed by atoms with E-state index >= 15 is 0 Å². The lowest BCUT2D eigenvalue weighted by molar-refractivity contribution is 0.0636. The van der Waals surface area contributed by atoms with Gasteiger partial charge in [0.15, 0.2) is 0 Å². The van der Waals surface area contributed by atoms with Gasteiger partial charge < -0.3 is 14.6 Å². The van der Waals surface area contributed by atoms with Gasteiger partial charge in [0, 0.05) is 11.3 Å². The van der Waals surface area contributed by atoms with Gasteiger partial charge in [-0.05, 0) is 39.0 Å². The molecule has 112 valence electrons. The summed E-state index contributed by atoms with van der Waals surface area (Å²) in [5.74, 6) is 0.541. The highest BCUT2D eigenvalue weighted by atomic mass is 35.5. The van der Waals surface area contributed by atoms with Crippen molar-refractivity contribution in [1.29, 1.82) is 0 Å². The molecule has 0 aliphatic heterocycles. The zero-order valence-corrected chi connectivity index (χ0v) is 12.8. The highest BCUT2D eigenvalue weighted by Gasteiger charge is 2.18. The first-order valence-corrected chi connectivity index (χ1v) is 6.72. The highest BCUT2D eigenvalue weighted by Crippen LogP contribution is 2.29. The Morgan fingerprint density at radius 1 is 1.45 bits per heavy atom. The molecule has 0 saturated carbocycles. The van der Waals surface area contributed by atoms with Crippen LogP contribution < -0.4 is 10.1 Å². The molecule has 6 heteroatoms. The summed E-state index contributed by atoms with van der Waals surface area (Å²) in [6.07, 6.45) is -1.43. The number of amides is 1. The van der Waals surface area contributed by atoms with E-state index in [2.05, 4.69) is 5.32 Å². The number of aliphatic hydroxyl groups excluding tert-OH is 1. The Bertz CT molecular complexity index is 471. The van der Waals surface area contributed by atoms with Crippen molar-refractivity contribution < 1.29 is 19.4 Å².